The van der Waals surface area contributed by atoms with Crippen LogP contribution in [0.3, 0.4) is 0 Å². The highest BCUT2D eigenvalue weighted by Crippen LogP contribution is 2.34. The number of thioether (sulfide) groups is 1. The van der Waals surface area contributed by atoms with Crippen LogP contribution in [0.25, 0.3) is 23.1 Å². The molecule has 4 rings (SSSR count). The first kappa shape index (κ1) is 28.2. The Morgan fingerprint density at radius 3 is 2.45 bits per heavy atom. The highest BCUT2D eigenvalue weighted by Gasteiger charge is 2.20. The van der Waals surface area contributed by atoms with Gasteiger partial charge in [0.15, 0.2) is 9.84 Å². The number of carbonyl (C=O) groups is 1. The van der Waals surface area contributed by atoms with Crippen molar-refractivity contribution in [3.8, 4) is 0 Å². The molecule has 0 spiro atoms. The number of pyridine rings is 1. The second kappa shape index (κ2) is 12.8. The molecule has 1 atom stereocenters. The van der Waals surface area contributed by atoms with Gasteiger partial charge in [0, 0.05) is 26.4 Å². The summed E-state index contributed by atoms with van der Waals surface area (Å²) in [7, 11) is -3.52. The highest BCUT2D eigenvalue weighted by atomic mass is 35.5. The molecule has 0 saturated heterocycles. The van der Waals surface area contributed by atoms with E-state index in [1.165, 1.54) is 23.9 Å². The summed E-state index contributed by atoms with van der Waals surface area (Å²) in [6.45, 7) is 0. The molecule has 0 aliphatic carbocycles. The number of carboxylic acids is 1. The van der Waals surface area contributed by atoms with E-state index in [4.69, 9.17) is 28.3 Å². The second-order valence-corrected chi connectivity index (χ2v) is 12.9. The van der Waals surface area contributed by atoms with Gasteiger partial charge in [-0.3, -0.25) is 4.79 Å². The molecule has 0 aliphatic rings. The van der Waals surface area contributed by atoms with Crippen LogP contribution in [0, 0.1) is 0 Å². The van der Waals surface area contributed by atoms with Crippen LogP contribution in [0.2, 0.25) is 10.0 Å². The third-order valence-corrected chi connectivity index (χ3v) is 9.46. The minimum atomic E-state index is -3.52. The number of hydrogen-bond acceptors (Lipinski definition) is 5. The minimum Gasteiger partial charge on any atom is -0.481 e. The summed E-state index contributed by atoms with van der Waals surface area (Å²) in [5.74, 6) is -0.570. The predicted octanol–water partition coefficient (Wildman–Crippen LogP) is 7.83. The molecular weight excluding hydrogens is 561 g/mol. The van der Waals surface area contributed by atoms with Crippen LogP contribution in [0.5, 0.6) is 0 Å². The van der Waals surface area contributed by atoms with Crippen molar-refractivity contribution in [1.82, 2.24) is 4.98 Å². The van der Waals surface area contributed by atoms with Crippen molar-refractivity contribution in [2.75, 3.05) is 11.5 Å². The van der Waals surface area contributed by atoms with Crippen LogP contribution < -0.4 is 0 Å². The fourth-order valence-electron chi connectivity index (χ4n) is 3.90. The van der Waals surface area contributed by atoms with Crippen LogP contribution in [-0.4, -0.2) is 36.0 Å². The van der Waals surface area contributed by atoms with E-state index >= 15 is 0 Å². The largest absolute Gasteiger partial charge is 0.481 e. The molecule has 0 radical (unpaired) electrons. The van der Waals surface area contributed by atoms with Crippen LogP contribution >= 0.6 is 35.0 Å². The molecule has 1 N–H and O–H groups in total. The van der Waals surface area contributed by atoms with Gasteiger partial charge < -0.3 is 5.11 Å². The summed E-state index contributed by atoms with van der Waals surface area (Å²) in [6, 6.07) is 23.5. The number of rotatable bonds is 11. The molecule has 196 valence electrons. The Kier molecular flexibility index (Phi) is 9.49. The Hall–Kier alpha value is -2.84. The molecular formula is C29H25Cl2NO4S2. The van der Waals surface area contributed by atoms with Crippen LogP contribution in [0.4, 0.5) is 0 Å². The van der Waals surface area contributed by atoms with E-state index in [1.807, 2.05) is 66.7 Å². The van der Waals surface area contributed by atoms with E-state index in [2.05, 4.69) is 4.98 Å². The molecule has 1 aromatic heterocycles. The Morgan fingerprint density at radius 2 is 1.68 bits per heavy atom. The maximum absolute atomic E-state index is 12.9. The van der Waals surface area contributed by atoms with E-state index in [0.717, 1.165) is 27.7 Å². The minimum absolute atomic E-state index is 0.00233. The molecule has 38 heavy (non-hydrogen) atoms. The average Bonchev–Trinajstić information content (AvgIpc) is 2.89. The van der Waals surface area contributed by atoms with Crippen LogP contribution in [0.1, 0.15) is 34.9 Å². The monoisotopic (exact) mass is 585 g/mol. The summed E-state index contributed by atoms with van der Waals surface area (Å²) < 4.78 is 25.9. The van der Waals surface area contributed by atoms with Crippen LogP contribution in [-0.2, 0) is 14.6 Å². The number of aromatic nitrogens is 1. The van der Waals surface area contributed by atoms with Gasteiger partial charge in [-0.1, -0.05) is 65.7 Å². The van der Waals surface area contributed by atoms with E-state index in [0.29, 0.717) is 22.2 Å². The second-order valence-electron chi connectivity index (χ2n) is 8.64. The zero-order valence-electron chi connectivity index (χ0n) is 20.3. The Morgan fingerprint density at radius 1 is 0.947 bits per heavy atom. The quantitative estimate of drug-likeness (QED) is 0.193. The number of nitrogens with zero attached hydrogens (tertiary/aromatic N) is 1. The van der Waals surface area contributed by atoms with Crippen LogP contribution in [0.15, 0.2) is 83.8 Å². The molecule has 0 aliphatic heterocycles. The fraction of sp³-hybridized carbons (Fsp3) is 0.172. The molecule has 0 saturated carbocycles. The van der Waals surface area contributed by atoms with Crippen molar-refractivity contribution in [3.63, 3.8) is 0 Å². The number of halogens is 2. The lowest BCUT2D eigenvalue weighted by Gasteiger charge is -2.18. The van der Waals surface area contributed by atoms with Gasteiger partial charge in [0.05, 0.1) is 28.3 Å². The average molecular weight is 587 g/mol. The van der Waals surface area contributed by atoms with Gasteiger partial charge in [-0.05, 0) is 66.1 Å². The van der Waals surface area contributed by atoms with Gasteiger partial charge in [0.25, 0.3) is 0 Å². The van der Waals surface area contributed by atoms with E-state index in [1.54, 1.807) is 12.1 Å². The summed E-state index contributed by atoms with van der Waals surface area (Å²) in [5.41, 5.74) is 3.46. The van der Waals surface area contributed by atoms with Gasteiger partial charge in [-0.2, -0.15) is 11.8 Å². The molecule has 0 bridgehead atoms. The number of sulfone groups is 1. The van der Waals surface area contributed by atoms with E-state index in [9.17, 15) is 13.2 Å². The lowest BCUT2D eigenvalue weighted by molar-refractivity contribution is -0.136. The maximum Gasteiger partial charge on any atom is 0.304 e. The topological polar surface area (TPSA) is 84.3 Å². The standard InChI is InChI=1S/C29H25Cl2NO4S2/c30-23-8-12-26(13-9-23)38(35,36)17-15-28(37-16-14-29(33)34)22-3-1-2-20(18-22)4-10-25-11-6-21-5-7-24(31)19-27(21)32-25/h1-13,18-19,28H,14-17H2,(H,33,34)/b10-4+. The van der Waals surface area contributed by atoms with Crippen molar-refractivity contribution >= 4 is 73.8 Å². The molecule has 9 heteroatoms. The first-order chi connectivity index (χ1) is 18.2. The lowest BCUT2D eigenvalue weighted by atomic mass is 10.1. The molecule has 5 nitrogen and oxygen atoms in total. The number of carboxylic acid groups (broad SMARTS) is 1. The smallest absolute Gasteiger partial charge is 0.304 e. The van der Waals surface area contributed by atoms with Crippen molar-refractivity contribution < 1.29 is 18.3 Å². The third-order valence-electron chi connectivity index (χ3n) is 5.86. The van der Waals surface area contributed by atoms with Crippen molar-refractivity contribution in [1.29, 1.82) is 0 Å². The molecule has 4 aromatic rings. The normalized spacial score (nSPS) is 12.7. The van der Waals surface area contributed by atoms with Crippen molar-refractivity contribution in [3.05, 3.63) is 106 Å². The number of aliphatic carboxylic acids is 1. The zero-order valence-corrected chi connectivity index (χ0v) is 23.4. The highest BCUT2D eigenvalue weighted by molar-refractivity contribution is 7.99. The first-order valence-corrected chi connectivity index (χ1v) is 15.3. The predicted molar refractivity (Wildman–Crippen MR) is 158 cm³/mol. The SMILES string of the molecule is O=C(O)CCSC(CCS(=O)(=O)c1ccc(Cl)cc1)c1cccc(/C=C/c2ccc3ccc(Cl)cc3n2)c1. The van der Waals surface area contributed by atoms with E-state index < -0.39 is 15.8 Å². The van der Waals surface area contributed by atoms with Gasteiger partial charge in [-0.15, -0.1) is 0 Å². The Labute approximate surface area is 236 Å². The zero-order chi connectivity index (χ0) is 27.1. The number of hydrogen-bond donors (Lipinski definition) is 1. The van der Waals surface area contributed by atoms with Crippen molar-refractivity contribution in [2.45, 2.75) is 23.0 Å². The molecule has 1 unspecified atom stereocenters. The maximum atomic E-state index is 12.9. The summed E-state index contributed by atoms with van der Waals surface area (Å²) >= 11 is 13.5. The summed E-state index contributed by atoms with van der Waals surface area (Å²) in [5, 5.41) is 11.0. The van der Waals surface area contributed by atoms with E-state index in [-0.39, 0.29) is 22.3 Å². The van der Waals surface area contributed by atoms with Gasteiger partial charge >= 0.3 is 5.97 Å². The Bertz CT molecular complexity index is 1570. The van der Waals surface area contributed by atoms with Gasteiger partial charge in [0.1, 0.15) is 0 Å². The number of benzene rings is 3. The number of fused-ring (bicyclic) bond motifs is 1. The summed E-state index contributed by atoms with van der Waals surface area (Å²) in [4.78, 5) is 15.9. The fourth-order valence-corrected chi connectivity index (χ4v) is 6.87. The first-order valence-electron chi connectivity index (χ1n) is 11.9. The molecule has 1 heterocycles. The summed E-state index contributed by atoms with van der Waals surface area (Å²) in [6.07, 6.45) is 4.21. The lowest BCUT2D eigenvalue weighted by Crippen LogP contribution is -2.10. The third kappa shape index (κ3) is 7.84. The van der Waals surface area contributed by atoms with Gasteiger partial charge in [0.2, 0.25) is 0 Å². The van der Waals surface area contributed by atoms with Gasteiger partial charge in [-0.25, -0.2) is 13.4 Å². The molecule has 3 aromatic carbocycles. The van der Waals surface area contributed by atoms with Crippen molar-refractivity contribution in [2.24, 2.45) is 0 Å². The molecule has 0 fully saturated rings. The molecule has 0 amide bonds. The Balaban J connectivity index is 1.53.